The van der Waals surface area contributed by atoms with Crippen LogP contribution in [0.1, 0.15) is 47.7 Å². The highest BCUT2D eigenvalue weighted by Gasteiger charge is 2.52. The molecular weight excluding hydrogens is 512 g/mol. The molecule has 1 aromatic heterocycles. The number of hydrogen-bond acceptors (Lipinski definition) is 7. The lowest BCUT2D eigenvalue weighted by Crippen LogP contribution is -2.43. The van der Waals surface area contributed by atoms with Crippen LogP contribution in [-0.2, 0) is 15.0 Å². The number of benzene rings is 2. The van der Waals surface area contributed by atoms with E-state index < -0.39 is 5.41 Å². The van der Waals surface area contributed by atoms with E-state index in [-0.39, 0.29) is 30.6 Å². The third-order valence-electron chi connectivity index (χ3n) is 7.54. The van der Waals surface area contributed by atoms with Crippen molar-refractivity contribution in [3.05, 3.63) is 69.7 Å². The molecule has 2 fully saturated rings. The predicted molar refractivity (Wildman–Crippen MR) is 141 cm³/mol. The monoisotopic (exact) mass is 538 g/mol. The first-order valence-corrected chi connectivity index (χ1v) is 13.6. The Hall–Kier alpha value is -3.14. The molecule has 10 heteroatoms. The Balaban J connectivity index is 1.25. The number of likely N-dealkylation sites (tertiary alicyclic amines) is 1. The van der Waals surface area contributed by atoms with E-state index in [1.807, 2.05) is 42.5 Å². The molecule has 1 aliphatic carbocycles. The lowest BCUT2D eigenvalue weighted by atomic mass is 9.94. The van der Waals surface area contributed by atoms with Gasteiger partial charge in [-0.05, 0) is 61.6 Å². The van der Waals surface area contributed by atoms with Crippen LogP contribution in [0, 0.1) is 5.92 Å². The topological polar surface area (TPSA) is 107 Å². The van der Waals surface area contributed by atoms with Crippen molar-refractivity contribution in [3.63, 3.8) is 0 Å². The van der Waals surface area contributed by atoms with Gasteiger partial charge in [0.15, 0.2) is 16.6 Å². The van der Waals surface area contributed by atoms with Gasteiger partial charge in [0.05, 0.1) is 17.4 Å². The molecule has 1 saturated carbocycles. The van der Waals surface area contributed by atoms with Gasteiger partial charge in [0.1, 0.15) is 0 Å². The first-order chi connectivity index (χ1) is 17.9. The van der Waals surface area contributed by atoms with E-state index in [0.717, 1.165) is 48.2 Å². The van der Waals surface area contributed by atoms with E-state index in [4.69, 9.17) is 26.8 Å². The van der Waals surface area contributed by atoms with Crippen molar-refractivity contribution in [3.8, 4) is 11.5 Å². The molecule has 1 saturated heterocycles. The van der Waals surface area contributed by atoms with Crippen LogP contribution < -0.4 is 20.5 Å². The largest absolute Gasteiger partial charge is 0.454 e. The lowest BCUT2D eigenvalue weighted by Gasteiger charge is -2.37. The summed E-state index contributed by atoms with van der Waals surface area (Å²) in [5.41, 5.74) is 6.93. The number of aromatic nitrogens is 1. The van der Waals surface area contributed by atoms with Gasteiger partial charge in [-0.1, -0.05) is 47.2 Å². The van der Waals surface area contributed by atoms with Crippen molar-refractivity contribution in [2.24, 2.45) is 11.7 Å². The zero-order chi connectivity index (χ0) is 25.6. The third kappa shape index (κ3) is 4.56. The summed E-state index contributed by atoms with van der Waals surface area (Å²) in [6.45, 7) is 1.56. The second kappa shape index (κ2) is 9.63. The maximum Gasteiger partial charge on any atom is 0.236 e. The number of primary amides is 1. The number of thiazole rings is 1. The van der Waals surface area contributed by atoms with E-state index in [9.17, 15) is 9.59 Å². The molecule has 3 heterocycles. The molecule has 2 aromatic carbocycles. The van der Waals surface area contributed by atoms with Gasteiger partial charge in [0, 0.05) is 22.6 Å². The van der Waals surface area contributed by atoms with Gasteiger partial charge in [-0.15, -0.1) is 0 Å². The van der Waals surface area contributed by atoms with Gasteiger partial charge in [-0.25, -0.2) is 4.98 Å². The minimum Gasteiger partial charge on any atom is -0.454 e. The van der Waals surface area contributed by atoms with Crippen LogP contribution in [0.15, 0.2) is 48.7 Å². The van der Waals surface area contributed by atoms with E-state index in [1.54, 1.807) is 6.20 Å². The van der Waals surface area contributed by atoms with Gasteiger partial charge in [0.2, 0.25) is 18.6 Å². The van der Waals surface area contributed by atoms with Gasteiger partial charge >= 0.3 is 0 Å². The molecule has 2 unspecified atom stereocenters. The molecule has 8 nitrogen and oxygen atoms in total. The van der Waals surface area contributed by atoms with Crippen LogP contribution in [0.2, 0.25) is 5.02 Å². The molecule has 3 N–H and O–H groups in total. The van der Waals surface area contributed by atoms with E-state index in [0.29, 0.717) is 28.2 Å². The van der Waals surface area contributed by atoms with Crippen LogP contribution in [0.4, 0.5) is 5.13 Å². The molecule has 3 aliphatic rings. The summed E-state index contributed by atoms with van der Waals surface area (Å²) in [7, 11) is 0. The number of nitrogens with two attached hydrogens (primary N) is 1. The molecule has 0 spiro atoms. The molecule has 2 amide bonds. The minimum atomic E-state index is -0.587. The summed E-state index contributed by atoms with van der Waals surface area (Å²) in [5.74, 6) is 0.812. The van der Waals surface area contributed by atoms with Gasteiger partial charge < -0.3 is 20.5 Å². The SMILES string of the molecule is NC(=O)C1CCCN(C(c2cnc(NC(=O)C3(c4ccc5c(c4)OCO5)CC3)s2)c2ccccc2Cl)C1. The van der Waals surface area contributed by atoms with Crippen molar-refractivity contribution in [1.29, 1.82) is 0 Å². The number of piperidine rings is 1. The van der Waals surface area contributed by atoms with Gasteiger partial charge in [-0.2, -0.15) is 0 Å². The smallest absolute Gasteiger partial charge is 0.236 e. The Morgan fingerprint density at radius 2 is 2.00 bits per heavy atom. The number of carbonyl (C=O) groups is 2. The highest BCUT2D eigenvalue weighted by molar-refractivity contribution is 7.15. The maximum atomic E-state index is 13.4. The van der Waals surface area contributed by atoms with Crippen LogP contribution in [0.5, 0.6) is 11.5 Å². The van der Waals surface area contributed by atoms with E-state index in [2.05, 4.69) is 15.2 Å². The fraction of sp³-hybridized carbons (Fsp3) is 0.370. The number of nitrogens with one attached hydrogen (secondary N) is 1. The summed E-state index contributed by atoms with van der Waals surface area (Å²) in [6, 6.07) is 13.2. The Bertz CT molecular complexity index is 1360. The highest BCUT2D eigenvalue weighted by Crippen LogP contribution is 2.51. The molecule has 0 bridgehead atoms. The standard InChI is InChI=1S/C27H27ClN4O4S/c28-19-6-2-1-5-18(19)23(32-11-3-4-16(14-32)24(29)33)22-13-30-26(37-22)31-25(34)27(9-10-27)17-7-8-20-21(12-17)36-15-35-20/h1-2,5-8,12-13,16,23H,3-4,9-11,14-15H2,(H2,29,33)(H,30,31,34). The first-order valence-electron chi connectivity index (χ1n) is 12.4. The summed E-state index contributed by atoms with van der Waals surface area (Å²) < 4.78 is 10.9. The Labute approximate surface area is 223 Å². The molecule has 0 radical (unpaired) electrons. The summed E-state index contributed by atoms with van der Waals surface area (Å²) in [6.07, 6.45) is 4.98. The number of anilines is 1. The van der Waals surface area contributed by atoms with Crippen molar-refractivity contribution in [2.75, 3.05) is 25.2 Å². The molecule has 6 rings (SSSR count). The number of fused-ring (bicyclic) bond motifs is 1. The van der Waals surface area contributed by atoms with E-state index >= 15 is 0 Å². The number of ether oxygens (including phenoxy) is 2. The lowest BCUT2D eigenvalue weighted by molar-refractivity contribution is -0.123. The second-order valence-corrected chi connectivity index (χ2v) is 11.3. The predicted octanol–water partition coefficient (Wildman–Crippen LogP) is 4.48. The molecule has 2 aliphatic heterocycles. The van der Waals surface area contributed by atoms with Crippen molar-refractivity contribution >= 4 is 39.9 Å². The van der Waals surface area contributed by atoms with E-state index in [1.165, 1.54) is 11.3 Å². The molecule has 2 atom stereocenters. The molecule has 37 heavy (non-hydrogen) atoms. The van der Waals surface area contributed by atoms with Crippen LogP contribution in [0.3, 0.4) is 0 Å². The number of halogens is 1. The summed E-state index contributed by atoms with van der Waals surface area (Å²) in [5, 5.41) is 4.23. The fourth-order valence-corrected chi connectivity index (χ4v) is 6.56. The first kappa shape index (κ1) is 24.2. The number of nitrogens with zero attached hydrogens (tertiary/aromatic N) is 2. The van der Waals surface area contributed by atoms with Gasteiger partial charge in [-0.3, -0.25) is 14.5 Å². The fourth-order valence-electron chi connectivity index (χ4n) is 5.35. The zero-order valence-electron chi connectivity index (χ0n) is 20.1. The number of rotatable bonds is 7. The Morgan fingerprint density at radius 1 is 1.19 bits per heavy atom. The van der Waals surface area contributed by atoms with Crippen LogP contribution in [0.25, 0.3) is 0 Å². The molecule has 3 aromatic rings. The highest BCUT2D eigenvalue weighted by atomic mass is 35.5. The average Bonchev–Trinajstić information content (AvgIpc) is 3.37. The van der Waals surface area contributed by atoms with Crippen molar-refractivity contribution < 1.29 is 19.1 Å². The van der Waals surface area contributed by atoms with Crippen LogP contribution >= 0.6 is 22.9 Å². The Kier molecular flexibility index (Phi) is 6.30. The van der Waals surface area contributed by atoms with Crippen LogP contribution in [-0.4, -0.2) is 41.6 Å². The third-order valence-corrected chi connectivity index (χ3v) is 8.85. The van der Waals surface area contributed by atoms with Gasteiger partial charge in [0.25, 0.3) is 0 Å². The molecule has 192 valence electrons. The molecular formula is C27H27ClN4O4S. The Morgan fingerprint density at radius 3 is 2.78 bits per heavy atom. The average molecular weight is 539 g/mol. The zero-order valence-corrected chi connectivity index (χ0v) is 21.7. The number of carbonyl (C=O) groups excluding carboxylic acids is 2. The quantitative estimate of drug-likeness (QED) is 0.459. The normalized spacial score (nSPS) is 20.8. The summed E-state index contributed by atoms with van der Waals surface area (Å²) in [4.78, 5) is 33.1. The number of amides is 2. The maximum absolute atomic E-state index is 13.4. The minimum absolute atomic E-state index is 0.0756. The summed E-state index contributed by atoms with van der Waals surface area (Å²) >= 11 is 8.06. The van der Waals surface area contributed by atoms with Crippen molar-refractivity contribution in [1.82, 2.24) is 9.88 Å². The second-order valence-electron chi connectivity index (χ2n) is 9.83. The number of hydrogen-bond donors (Lipinski definition) is 2. The van der Waals surface area contributed by atoms with Crippen molar-refractivity contribution in [2.45, 2.75) is 37.1 Å².